The molecule has 0 unspecified atom stereocenters. The lowest BCUT2D eigenvalue weighted by molar-refractivity contribution is -0.0514. The van der Waals surface area contributed by atoms with Crippen molar-refractivity contribution < 1.29 is 23.0 Å². The largest absolute Gasteiger partial charge is 0.490 e. The number of aromatic nitrogens is 1. The van der Waals surface area contributed by atoms with Gasteiger partial charge in [-0.2, -0.15) is 8.78 Å². The van der Waals surface area contributed by atoms with Crippen LogP contribution in [0, 0.1) is 0 Å². The van der Waals surface area contributed by atoms with E-state index in [1.54, 1.807) is 11.8 Å². The summed E-state index contributed by atoms with van der Waals surface area (Å²) < 4.78 is 35.9. The highest BCUT2D eigenvalue weighted by atomic mass is 32.1. The molecule has 5 nitrogen and oxygen atoms in total. The number of fused-ring (bicyclic) bond motifs is 1. The SMILES string of the molecule is CCOc1cc(C(=O)N(CC)c2nc3ccccc3s2)ccc1OC(F)F. The monoisotopic (exact) mass is 392 g/mol. The van der Waals surface area contributed by atoms with E-state index in [2.05, 4.69) is 9.72 Å². The van der Waals surface area contributed by atoms with Crippen LogP contribution in [-0.2, 0) is 0 Å². The van der Waals surface area contributed by atoms with Crippen molar-refractivity contribution in [2.24, 2.45) is 0 Å². The predicted molar refractivity (Wildman–Crippen MR) is 101 cm³/mol. The minimum absolute atomic E-state index is 0.101. The van der Waals surface area contributed by atoms with Crippen molar-refractivity contribution in [2.45, 2.75) is 20.5 Å². The molecule has 1 amide bonds. The summed E-state index contributed by atoms with van der Waals surface area (Å²) >= 11 is 1.42. The van der Waals surface area contributed by atoms with E-state index in [0.717, 1.165) is 10.2 Å². The fraction of sp³-hybridized carbons (Fsp3) is 0.263. The van der Waals surface area contributed by atoms with Crippen LogP contribution < -0.4 is 14.4 Å². The van der Waals surface area contributed by atoms with E-state index in [0.29, 0.717) is 17.2 Å². The number of para-hydroxylation sites is 1. The Morgan fingerprint density at radius 2 is 1.96 bits per heavy atom. The third-order valence-electron chi connectivity index (χ3n) is 3.78. The van der Waals surface area contributed by atoms with Gasteiger partial charge in [-0.1, -0.05) is 23.5 Å². The summed E-state index contributed by atoms with van der Waals surface area (Å²) in [6, 6.07) is 11.8. The van der Waals surface area contributed by atoms with Crippen LogP contribution in [0.4, 0.5) is 13.9 Å². The Kier molecular flexibility index (Phi) is 5.85. The van der Waals surface area contributed by atoms with Gasteiger partial charge in [-0.15, -0.1) is 0 Å². The number of alkyl halides is 2. The van der Waals surface area contributed by atoms with Crippen LogP contribution in [0.25, 0.3) is 10.2 Å². The average Bonchev–Trinajstić information content (AvgIpc) is 3.07. The summed E-state index contributed by atoms with van der Waals surface area (Å²) in [5.74, 6) is -0.295. The van der Waals surface area contributed by atoms with E-state index in [9.17, 15) is 13.6 Å². The summed E-state index contributed by atoms with van der Waals surface area (Å²) in [7, 11) is 0. The first-order valence-electron chi connectivity index (χ1n) is 8.42. The number of hydrogen-bond donors (Lipinski definition) is 0. The smallest absolute Gasteiger partial charge is 0.387 e. The van der Waals surface area contributed by atoms with Crippen LogP contribution in [0.1, 0.15) is 24.2 Å². The number of anilines is 1. The van der Waals surface area contributed by atoms with Gasteiger partial charge in [0.2, 0.25) is 0 Å². The molecule has 0 bridgehead atoms. The third kappa shape index (κ3) is 4.16. The normalized spacial score (nSPS) is 11.0. The number of rotatable bonds is 7. The lowest BCUT2D eigenvalue weighted by atomic mass is 10.1. The number of halogens is 2. The molecular formula is C19H18F2N2O3S. The van der Waals surface area contributed by atoms with Gasteiger partial charge in [0.1, 0.15) is 0 Å². The molecule has 0 N–H and O–H groups in total. The van der Waals surface area contributed by atoms with Crippen LogP contribution in [0.5, 0.6) is 11.5 Å². The van der Waals surface area contributed by atoms with E-state index in [1.807, 2.05) is 31.2 Å². The molecule has 0 fully saturated rings. The summed E-state index contributed by atoms with van der Waals surface area (Å²) in [6.45, 7) is 1.27. The van der Waals surface area contributed by atoms with Crippen LogP contribution in [0.2, 0.25) is 0 Å². The highest BCUT2D eigenvalue weighted by Crippen LogP contribution is 2.33. The lowest BCUT2D eigenvalue weighted by Crippen LogP contribution is -2.30. The molecule has 0 aliphatic carbocycles. The van der Waals surface area contributed by atoms with Gasteiger partial charge in [-0.25, -0.2) is 4.98 Å². The third-order valence-corrected chi connectivity index (χ3v) is 4.84. The second-order valence-corrected chi connectivity index (χ2v) is 6.50. The highest BCUT2D eigenvalue weighted by molar-refractivity contribution is 7.22. The number of hydrogen-bond acceptors (Lipinski definition) is 5. The molecule has 1 aromatic heterocycles. The number of carbonyl (C=O) groups is 1. The molecule has 0 radical (unpaired) electrons. The van der Waals surface area contributed by atoms with Gasteiger partial charge in [-0.3, -0.25) is 9.69 Å². The zero-order valence-corrected chi connectivity index (χ0v) is 15.6. The Bertz CT molecular complexity index is 913. The van der Waals surface area contributed by atoms with Crippen molar-refractivity contribution in [3.8, 4) is 11.5 Å². The molecule has 0 spiro atoms. The first-order chi connectivity index (χ1) is 13.0. The van der Waals surface area contributed by atoms with E-state index in [1.165, 1.54) is 29.5 Å². The molecular weight excluding hydrogens is 374 g/mol. The fourth-order valence-corrected chi connectivity index (χ4v) is 3.63. The van der Waals surface area contributed by atoms with Gasteiger partial charge in [-0.05, 0) is 44.2 Å². The molecule has 0 saturated carbocycles. The van der Waals surface area contributed by atoms with Crippen molar-refractivity contribution in [2.75, 3.05) is 18.1 Å². The van der Waals surface area contributed by atoms with E-state index >= 15 is 0 Å². The zero-order valence-electron chi connectivity index (χ0n) is 14.8. The van der Waals surface area contributed by atoms with Crippen LogP contribution in [-0.4, -0.2) is 30.7 Å². The number of benzene rings is 2. The molecule has 27 heavy (non-hydrogen) atoms. The fourth-order valence-electron chi connectivity index (χ4n) is 2.60. The first-order valence-corrected chi connectivity index (χ1v) is 9.24. The predicted octanol–water partition coefficient (Wildman–Crippen LogP) is 4.96. The molecule has 2 aromatic carbocycles. The topological polar surface area (TPSA) is 51.7 Å². The van der Waals surface area contributed by atoms with Crippen LogP contribution >= 0.6 is 11.3 Å². The van der Waals surface area contributed by atoms with Crippen LogP contribution in [0.3, 0.4) is 0 Å². The summed E-state index contributed by atoms with van der Waals surface area (Å²) in [5, 5.41) is 0.578. The molecule has 0 aliphatic heterocycles. The summed E-state index contributed by atoms with van der Waals surface area (Å²) in [5.41, 5.74) is 1.13. The maximum absolute atomic E-state index is 13.0. The molecule has 1 heterocycles. The Balaban J connectivity index is 1.93. The molecule has 142 valence electrons. The Hall–Kier alpha value is -2.74. The Labute approximate surface area is 159 Å². The van der Waals surface area contributed by atoms with Gasteiger partial charge in [0.05, 0.1) is 16.8 Å². The number of carbonyl (C=O) groups excluding carboxylic acids is 1. The lowest BCUT2D eigenvalue weighted by Gasteiger charge is -2.19. The van der Waals surface area contributed by atoms with E-state index in [4.69, 9.17) is 4.74 Å². The summed E-state index contributed by atoms with van der Waals surface area (Å²) in [6.07, 6.45) is 0. The highest BCUT2D eigenvalue weighted by Gasteiger charge is 2.22. The van der Waals surface area contributed by atoms with Gasteiger partial charge >= 0.3 is 6.61 Å². The van der Waals surface area contributed by atoms with E-state index in [-0.39, 0.29) is 24.0 Å². The quantitative estimate of drug-likeness (QED) is 0.570. The number of nitrogens with zero attached hydrogens (tertiary/aromatic N) is 2. The van der Waals surface area contributed by atoms with Crippen molar-refractivity contribution >= 4 is 32.6 Å². The van der Waals surface area contributed by atoms with Crippen molar-refractivity contribution in [1.82, 2.24) is 4.98 Å². The van der Waals surface area contributed by atoms with Crippen molar-refractivity contribution in [3.05, 3.63) is 48.0 Å². The summed E-state index contributed by atoms with van der Waals surface area (Å²) in [4.78, 5) is 19.1. The Morgan fingerprint density at radius 3 is 2.63 bits per heavy atom. The van der Waals surface area contributed by atoms with E-state index < -0.39 is 6.61 Å². The molecule has 8 heteroatoms. The molecule has 0 aliphatic rings. The second-order valence-electron chi connectivity index (χ2n) is 5.49. The molecule has 3 rings (SSSR count). The zero-order chi connectivity index (χ0) is 19.4. The maximum Gasteiger partial charge on any atom is 0.387 e. The minimum atomic E-state index is -2.97. The number of amides is 1. The number of ether oxygens (including phenoxy) is 2. The van der Waals surface area contributed by atoms with Gasteiger partial charge in [0.25, 0.3) is 5.91 Å². The Morgan fingerprint density at radius 1 is 1.19 bits per heavy atom. The number of thiazole rings is 1. The van der Waals surface area contributed by atoms with Gasteiger partial charge in [0.15, 0.2) is 16.6 Å². The molecule has 3 aromatic rings. The van der Waals surface area contributed by atoms with Crippen LogP contribution in [0.15, 0.2) is 42.5 Å². The second kappa shape index (κ2) is 8.30. The minimum Gasteiger partial charge on any atom is -0.490 e. The van der Waals surface area contributed by atoms with Gasteiger partial charge < -0.3 is 9.47 Å². The maximum atomic E-state index is 13.0. The molecule has 0 atom stereocenters. The average molecular weight is 392 g/mol. The standard InChI is InChI=1S/C19H18F2N2O3S/c1-3-23(19-22-13-7-5-6-8-16(13)27-19)17(24)12-9-10-14(26-18(20)21)15(11-12)25-4-2/h5-11,18H,3-4H2,1-2H3. The van der Waals surface area contributed by atoms with Crippen molar-refractivity contribution in [1.29, 1.82) is 0 Å². The molecule has 0 saturated heterocycles. The first kappa shape index (κ1) is 19.0. The van der Waals surface area contributed by atoms with Gasteiger partial charge in [0, 0.05) is 12.1 Å². The van der Waals surface area contributed by atoms with Crippen molar-refractivity contribution in [3.63, 3.8) is 0 Å².